The van der Waals surface area contributed by atoms with Crippen molar-refractivity contribution in [3.05, 3.63) is 47.8 Å². The van der Waals surface area contributed by atoms with E-state index in [2.05, 4.69) is 22.6 Å². The fraction of sp³-hybridized carbons (Fsp3) is 0.471. The van der Waals surface area contributed by atoms with Crippen LogP contribution in [0.15, 0.2) is 36.5 Å². The van der Waals surface area contributed by atoms with Crippen LogP contribution >= 0.6 is 0 Å². The van der Waals surface area contributed by atoms with E-state index in [4.69, 9.17) is 4.74 Å². The molecule has 6 heteroatoms. The maximum absolute atomic E-state index is 12.0. The monoisotopic (exact) mass is 316 g/mol. The molecule has 0 unspecified atom stereocenters. The number of nitrogens with zero attached hydrogens (tertiary/aromatic N) is 3. The first-order valence-corrected chi connectivity index (χ1v) is 8.09. The summed E-state index contributed by atoms with van der Waals surface area (Å²) in [6.45, 7) is 4.77. The van der Waals surface area contributed by atoms with Gasteiger partial charge in [0.25, 0.3) is 5.91 Å². The molecule has 2 rings (SSSR count). The van der Waals surface area contributed by atoms with Crippen LogP contribution in [0.5, 0.6) is 0 Å². The molecule has 0 saturated heterocycles. The summed E-state index contributed by atoms with van der Waals surface area (Å²) < 4.78 is 7.11. The van der Waals surface area contributed by atoms with Gasteiger partial charge in [-0.05, 0) is 18.4 Å². The zero-order chi connectivity index (χ0) is 16.3. The predicted octanol–water partition coefficient (Wildman–Crippen LogP) is 2.26. The molecule has 0 spiro atoms. The van der Waals surface area contributed by atoms with Gasteiger partial charge in [0.15, 0.2) is 5.69 Å². The minimum Gasteiger partial charge on any atom is -0.381 e. The second-order valence-electron chi connectivity index (χ2n) is 5.36. The number of rotatable bonds is 10. The summed E-state index contributed by atoms with van der Waals surface area (Å²) >= 11 is 0. The quantitative estimate of drug-likeness (QED) is 0.683. The van der Waals surface area contributed by atoms with Crippen molar-refractivity contribution >= 4 is 5.91 Å². The summed E-state index contributed by atoms with van der Waals surface area (Å²) in [5, 5.41) is 10.7. The van der Waals surface area contributed by atoms with E-state index in [1.54, 1.807) is 10.9 Å². The van der Waals surface area contributed by atoms with Crippen molar-refractivity contribution in [1.29, 1.82) is 0 Å². The first kappa shape index (κ1) is 17.1. The Morgan fingerprint density at radius 2 is 2.00 bits per heavy atom. The maximum Gasteiger partial charge on any atom is 0.273 e. The van der Waals surface area contributed by atoms with Crippen molar-refractivity contribution in [2.24, 2.45) is 0 Å². The van der Waals surface area contributed by atoms with Crippen molar-refractivity contribution in [2.45, 2.75) is 32.7 Å². The van der Waals surface area contributed by atoms with Crippen LogP contribution in [-0.4, -0.2) is 40.7 Å². The van der Waals surface area contributed by atoms with E-state index in [1.165, 1.54) is 0 Å². The summed E-state index contributed by atoms with van der Waals surface area (Å²) in [5.74, 6) is -0.196. The second-order valence-corrected chi connectivity index (χ2v) is 5.36. The van der Waals surface area contributed by atoms with Crippen LogP contribution in [0.2, 0.25) is 0 Å². The summed E-state index contributed by atoms with van der Waals surface area (Å²) in [6.07, 6.45) is 4.68. The molecule has 0 radical (unpaired) electrons. The van der Waals surface area contributed by atoms with Crippen LogP contribution in [0.3, 0.4) is 0 Å². The number of aromatic nitrogens is 3. The summed E-state index contributed by atoms with van der Waals surface area (Å²) in [6, 6.07) is 9.94. The number of hydrogen-bond donors (Lipinski definition) is 1. The molecule has 0 aliphatic heterocycles. The number of unbranched alkanes of at least 4 members (excludes halogenated alkanes) is 1. The van der Waals surface area contributed by atoms with Crippen molar-refractivity contribution in [1.82, 2.24) is 20.3 Å². The third kappa shape index (κ3) is 6.20. The predicted molar refractivity (Wildman–Crippen MR) is 88.2 cm³/mol. The van der Waals surface area contributed by atoms with Gasteiger partial charge in [0.2, 0.25) is 0 Å². The van der Waals surface area contributed by atoms with Crippen LogP contribution in [0.25, 0.3) is 0 Å². The lowest BCUT2D eigenvalue weighted by atomic mass is 10.2. The molecule has 1 aromatic heterocycles. The standard InChI is InChI=1S/C17H24N4O2/c1-2-3-11-23-12-7-10-18-17(22)16-14-21(20-19-16)13-15-8-5-4-6-9-15/h4-6,8-9,14H,2-3,7,10-13H2,1H3,(H,18,22). The van der Waals surface area contributed by atoms with Crippen LogP contribution in [-0.2, 0) is 11.3 Å². The molecule has 6 nitrogen and oxygen atoms in total. The largest absolute Gasteiger partial charge is 0.381 e. The van der Waals surface area contributed by atoms with Crippen LogP contribution in [0, 0.1) is 0 Å². The van der Waals surface area contributed by atoms with E-state index >= 15 is 0 Å². The van der Waals surface area contributed by atoms with Gasteiger partial charge in [-0.25, -0.2) is 4.68 Å². The van der Waals surface area contributed by atoms with E-state index in [9.17, 15) is 4.79 Å². The molecule has 124 valence electrons. The van der Waals surface area contributed by atoms with Gasteiger partial charge < -0.3 is 10.1 Å². The average Bonchev–Trinajstić information content (AvgIpc) is 3.03. The fourth-order valence-electron chi connectivity index (χ4n) is 2.07. The second kappa shape index (κ2) is 9.74. The van der Waals surface area contributed by atoms with Crippen molar-refractivity contribution < 1.29 is 9.53 Å². The third-order valence-electron chi connectivity index (χ3n) is 3.35. The van der Waals surface area contributed by atoms with Gasteiger partial charge in [0, 0.05) is 19.8 Å². The number of hydrogen-bond acceptors (Lipinski definition) is 4. The minimum atomic E-state index is -0.196. The molecule has 1 amide bonds. The van der Waals surface area contributed by atoms with E-state index in [0.29, 0.717) is 25.4 Å². The van der Waals surface area contributed by atoms with E-state index in [1.807, 2.05) is 30.3 Å². The van der Waals surface area contributed by atoms with Crippen molar-refractivity contribution in [3.63, 3.8) is 0 Å². The zero-order valence-corrected chi connectivity index (χ0v) is 13.6. The average molecular weight is 316 g/mol. The van der Waals surface area contributed by atoms with Gasteiger partial charge in [-0.1, -0.05) is 48.9 Å². The van der Waals surface area contributed by atoms with Crippen LogP contribution < -0.4 is 5.32 Å². The molecule has 0 aliphatic carbocycles. The lowest BCUT2D eigenvalue weighted by Gasteiger charge is -2.04. The number of amides is 1. The minimum absolute atomic E-state index is 0.196. The van der Waals surface area contributed by atoms with Crippen LogP contribution in [0.4, 0.5) is 0 Å². The highest BCUT2D eigenvalue weighted by molar-refractivity contribution is 5.91. The molecule has 0 bridgehead atoms. The Balaban J connectivity index is 1.69. The summed E-state index contributed by atoms with van der Waals surface area (Å²) in [7, 11) is 0. The molecular weight excluding hydrogens is 292 g/mol. The summed E-state index contributed by atoms with van der Waals surface area (Å²) in [4.78, 5) is 12.0. The molecule has 2 aromatic rings. The highest BCUT2D eigenvalue weighted by atomic mass is 16.5. The third-order valence-corrected chi connectivity index (χ3v) is 3.35. The normalized spacial score (nSPS) is 10.7. The highest BCUT2D eigenvalue weighted by Gasteiger charge is 2.10. The van der Waals surface area contributed by atoms with Crippen LogP contribution in [0.1, 0.15) is 42.2 Å². The molecule has 1 N–H and O–H groups in total. The number of nitrogens with one attached hydrogen (secondary N) is 1. The highest BCUT2D eigenvalue weighted by Crippen LogP contribution is 2.02. The Labute approximate surface area is 136 Å². The SMILES string of the molecule is CCCCOCCCNC(=O)c1cn(Cc2ccccc2)nn1. The Kier molecular flexibility index (Phi) is 7.26. The van der Waals surface area contributed by atoms with Crippen molar-refractivity contribution in [2.75, 3.05) is 19.8 Å². The number of ether oxygens (including phenoxy) is 1. The first-order valence-electron chi connectivity index (χ1n) is 8.09. The lowest BCUT2D eigenvalue weighted by Crippen LogP contribution is -2.25. The maximum atomic E-state index is 12.0. The van der Waals surface area contributed by atoms with Gasteiger partial charge in [-0.15, -0.1) is 5.10 Å². The number of carbonyl (C=O) groups excluding carboxylic acids is 1. The van der Waals surface area contributed by atoms with Gasteiger partial charge in [0.05, 0.1) is 12.7 Å². The molecule has 1 heterocycles. The Morgan fingerprint density at radius 3 is 2.78 bits per heavy atom. The Morgan fingerprint density at radius 1 is 1.22 bits per heavy atom. The topological polar surface area (TPSA) is 69.0 Å². The van der Waals surface area contributed by atoms with E-state index in [0.717, 1.165) is 31.4 Å². The molecule has 0 fully saturated rings. The first-order chi connectivity index (χ1) is 11.3. The molecule has 0 saturated carbocycles. The smallest absolute Gasteiger partial charge is 0.273 e. The Bertz CT molecular complexity index is 583. The van der Waals surface area contributed by atoms with E-state index in [-0.39, 0.29) is 5.91 Å². The summed E-state index contributed by atoms with van der Waals surface area (Å²) in [5.41, 5.74) is 1.46. The molecule has 1 aromatic carbocycles. The molecular formula is C17H24N4O2. The Hall–Kier alpha value is -2.21. The van der Waals surface area contributed by atoms with Crippen molar-refractivity contribution in [3.8, 4) is 0 Å². The lowest BCUT2D eigenvalue weighted by molar-refractivity contribution is 0.0935. The van der Waals surface area contributed by atoms with Gasteiger partial charge >= 0.3 is 0 Å². The van der Waals surface area contributed by atoms with Gasteiger partial charge in [-0.3, -0.25) is 4.79 Å². The molecule has 0 aliphatic rings. The van der Waals surface area contributed by atoms with E-state index < -0.39 is 0 Å². The molecule has 23 heavy (non-hydrogen) atoms. The van der Waals surface area contributed by atoms with Gasteiger partial charge in [0.1, 0.15) is 0 Å². The zero-order valence-electron chi connectivity index (χ0n) is 13.6. The fourth-order valence-corrected chi connectivity index (χ4v) is 2.07. The number of benzene rings is 1. The molecule has 0 atom stereocenters. The van der Waals surface area contributed by atoms with Gasteiger partial charge in [-0.2, -0.15) is 0 Å². The number of carbonyl (C=O) groups is 1.